The van der Waals surface area contributed by atoms with Crippen molar-refractivity contribution in [1.29, 1.82) is 0 Å². The summed E-state index contributed by atoms with van der Waals surface area (Å²) < 4.78 is 15.3. The second-order valence-corrected chi connectivity index (χ2v) is 5.67. The number of carbonyl (C=O) groups excluding carboxylic acids is 1. The molecule has 0 radical (unpaired) electrons. The standard InChI is InChI=1S/C17H14ClFN4O/c1-11-16(20-17(24)12-6-4-7-14(18)9-12)21-22-23(11)10-13-5-2-3-8-15(13)19/h2-9H,10H2,1H3,(H,20,24). The fourth-order valence-electron chi connectivity index (χ4n) is 2.22. The summed E-state index contributed by atoms with van der Waals surface area (Å²) in [6.45, 7) is 1.99. The van der Waals surface area contributed by atoms with E-state index in [9.17, 15) is 9.18 Å². The van der Waals surface area contributed by atoms with Crippen molar-refractivity contribution in [2.45, 2.75) is 13.5 Å². The number of nitrogens with zero attached hydrogens (tertiary/aromatic N) is 3. The van der Waals surface area contributed by atoms with Crippen molar-refractivity contribution < 1.29 is 9.18 Å². The molecule has 3 rings (SSSR count). The molecule has 1 N–H and O–H groups in total. The van der Waals surface area contributed by atoms with Crippen LogP contribution in [0.5, 0.6) is 0 Å². The first kappa shape index (κ1) is 16.1. The van der Waals surface area contributed by atoms with Gasteiger partial charge >= 0.3 is 0 Å². The molecule has 0 aliphatic carbocycles. The Morgan fingerprint density at radius 1 is 1.25 bits per heavy atom. The van der Waals surface area contributed by atoms with Crippen molar-refractivity contribution in [3.8, 4) is 0 Å². The van der Waals surface area contributed by atoms with Gasteiger partial charge in [-0.1, -0.05) is 41.1 Å². The third-order valence-electron chi connectivity index (χ3n) is 3.58. The minimum absolute atomic E-state index is 0.235. The maximum atomic E-state index is 13.7. The molecule has 0 aliphatic rings. The Morgan fingerprint density at radius 3 is 2.79 bits per heavy atom. The molecule has 1 amide bonds. The fraction of sp³-hybridized carbons (Fsp3) is 0.118. The molecular weight excluding hydrogens is 331 g/mol. The summed E-state index contributed by atoms with van der Waals surface area (Å²) in [5.41, 5.74) is 1.55. The Bertz CT molecular complexity index is 894. The highest BCUT2D eigenvalue weighted by Crippen LogP contribution is 2.16. The molecule has 0 saturated carbocycles. The van der Waals surface area contributed by atoms with Crippen LogP contribution >= 0.6 is 11.6 Å². The molecule has 0 bridgehead atoms. The molecule has 0 saturated heterocycles. The molecule has 7 heteroatoms. The van der Waals surface area contributed by atoms with E-state index < -0.39 is 0 Å². The first-order valence-electron chi connectivity index (χ1n) is 7.25. The molecular formula is C17H14ClFN4O. The van der Waals surface area contributed by atoms with Gasteiger partial charge in [-0.2, -0.15) is 0 Å². The molecule has 0 spiro atoms. The predicted molar refractivity (Wildman–Crippen MR) is 89.7 cm³/mol. The molecule has 3 aromatic rings. The zero-order valence-corrected chi connectivity index (χ0v) is 13.6. The molecule has 0 unspecified atom stereocenters. The Labute approximate surface area is 143 Å². The summed E-state index contributed by atoms with van der Waals surface area (Å²) >= 11 is 5.88. The summed E-state index contributed by atoms with van der Waals surface area (Å²) in [6.07, 6.45) is 0. The van der Waals surface area contributed by atoms with E-state index in [2.05, 4.69) is 15.6 Å². The molecule has 0 fully saturated rings. The first-order chi connectivity index (χ1) is 11.5. The number of anilines is 1. The van der Waals surface area contributed by atoms with E-state index in [1.165, 1.54) is 10.7 Å². The van der Waals surface area contributed by atoms with E-state index in [1.807, 2.05) is 0 Å². The van der Waals surface area contributed by atoms with Gasteiger partial charge in [-0.25, -0.2) is 9.07 Å². The molecule has 24 heavy (non-hydrogen) atoms. The van der Waals surface area contributed by atoms with Crippen LogP contribution in [0.25, 0.3) is 0 Å². The third kappa shape index (κ3) is 3.44. The van der Waals surface area contributed by atoms with Crippen LogP contribution in [0.2, 0.25) is 5.02 Å². The van der Waals surface area contributed by atoms with Crippen molar-refractivity contribution >= 4 is 23.3 Å². The zero-order chi connectivity index (χ0) is 17.1. The molecule has 1 heterocycles. The van der Waals surface area contributed by atoms with Crippen molar-refractivity contribution in [3.63, 3.8) is 0 Å². The van der Waals surface area contributed by atoms with Crippen LogP contribution in [0.3, 0.4) is 0 Å². The topological polar surface area (TPSA) is 59.8 Å². The highest BCUT2D eigenvalue weighted by Gasteiger charge is 2.14. The maximum absolute atomic E-state index is 13.7. The van der Waals surface area contributed by atoms with Crippen LogP contribution in [0, 0.1) is 12.7 Å². The average Bonchev–Trinajstić information content (AvgIpc) is 2.90. The number of rotatable bonds is 4. The SMILES string of the molecule is Cc1c(NC(=O)c2cccc(Cl)c2)nnn1Cc1ccccc1F. The van der Waals surface area contributed by atoms with Gasteiger partial charge in [0.2, 0.25) is 0 Å². The summed E-state index contributed by atoms with van der Waals surface area (Å²) in [4.78, 5) is 12.2. The van der Waals surface area contributed by atoms with Gasteiger partial charge in [0.1, 0.15) is 5.82 Å². The minimum atomic E-state index is -0.335. The normalized spacial score (nSPS) is 10.6. The largest absolute Gasteiger partial charge is 0.303 e. The van der Waals surface area contributed by atoms with E-state index in [-0.39, 0.29) is 18.3 Å². The second-order valence-electron chi connectivity index (χ2n) is 5.24. The average molecular weight is 345 g/mol. The number of nitrogens with one attached hydrogen (secondary N) is 1. The Balaban J connectivity index is 1.78. The van der Waals surface area contributed by atoms with Crippen molar-refractivity contribution in [2.75, 3.05) is 5.32 Å². The first-order valence-corrected chi connectivity index (χ1v) is 7.63. The highest BCUT2D eigenvalue weighted by atomic mass is 35.5. The van der Waals surface area contributed by atoms with Gasteiger partial charge in [0, 0.05) is 16.1 Å². The summed E-state index contributed by atoms with van der Waals surface area (Å²) in [6, 6.07) is 13.1. The third-order valence-corrected chi connectivity index (χ3v) is 3.81. The summed E-state index contributed by atoms with van der Waals surface area (Å²) in [5.74, 6) is -0.313. The molecule has 5 nitrogen and oxygen atoms in total. The highest BCUT2D eigenvalue weighted by molar-refractivity contribution is 6.31. The van der Waals surface area contributed by atoms with E-state index in [4.69, 9.17) is 11.6 Å². The predicted octanol–water partition coefficient (Wildman–Crippen LogP) is 3.68. The van der Waals surface area contributed by atoms with E-state index >= 15 is 0 Å². The lowest BCUT2D eigenvalue weighted by Gasteiger charge is -2.06. The van der Waals surface area contributed by atoms with Crippen LogP contribution in [0.15, 0.2) is 48.5 Å². The Morgan fingerprint density at radius 2 is 2.04 bits per heavy atom. The number of carbonyl (C=O) groups is 1. The number of hydrogen-bond donors (Lipinski definition) is 1. The monoisotopic (exact) mass is 344 g/mol. The lowest BCUT2D eigenvalue weighted by Crippen LogP contribution is -2.13. The lowest BCUT2D eigenvalue weighted by molar-refractivity contribution is 0.102. The quantitative estimate of drug-likeness (QED) is 0.785. The summed E-state index contributed by atoms with van der Waals surface area (Å²) in [5, 5.41) is 11.1. The number of halogens is 2. The van der Waals surface area contributed by atoms with E-state index in [1.54, 1.807) is 49.4 Å². The Hall–Kier alpha value is -2.73. The van der Waals surface area contributed by atoms with Gasteiger partial charge in [0.25, 0.3) is 5.91 Å². The number of amides is 1. The van der Waals surface area contributed by atoms with Crippen LogP contribution in [0.1, 0.15) is 21.6 Å². The molecule has 0 aliphatic heterocycles. The zero-order valence-electron chi connectivity index (χ0n) is 12.8. The lowest BCUT2D eigenvalue weighted by atomic mass is 10.2. The second kappa shape index (κ2) is 6.80. The number of benzene rings is 2. The van der Waals surface area contributed by atoms with Gasteiger partial charge in [0.15, 0.2) is 5.82 Å². The van der Waals surface area contributed by atoms with Gasteiger partial charge in [-0.05, 0) is 31.2 Å². The van der Waals surface area contributed by atoms with E-state index in [0.29, 0.717) is 27.7 Å². The van der Waals surface area contributed by atoms with Crippen molar-refractivity contribution in [1.82, 2.24) is 15.0 Å². The van der Waals surface area contributed by atoms with Gasteiger partial charge in [-0.15, -0.1) is 5.10 Å². The van der Waals surface area contributed by atoms with Crippen LogP contribution in [-0.4, -0.2) is 20.9 Å². The van der Waals surface area contributed by atoms with Crippen LogP contribution in [0.4, 0.5) is 10.2 Å². The maximum Gasteiger partial charge on any atom is 0.256 e. The van der Waals surface area contributed by atoms with Crippen molar-refractivity contribution in [3.05, 3.63) is 76.2 Å². The molecule has 2 aromatic carbocycles. The van der Waals surface area contributed by atoms with Gasteiger partial charge in [0.05, 0.1) is 12.2 Å². The van der Waals surface area contributed by atoms with E-state index in [0.717, 1.165) is 0 Å². The fourth-order valence-corrected chi connectivity index (χ4v) is 2.41. The molecule has 1 aromatic heterocycles. The van der Waals surface area contributed by atoms with Crippen molar-refractivity contribution in [2.24, 2.45) is 0 Å². The summed E-state index contributed by atoms with van der Waals surface area (Å²) in [7, 11) is 0. The molecule has 122 valence electrons. The van der Waals surface area contributed by atoms with Crippen LogP contribution < -0.4 is 5.32 Å². The Kier molecular flexibility index (Phi) is 4.57. The molecule has 0 atom stereocenters. The van der Waals surface area contributed by atoms with Crippen LogP contribution in [-0.2, 0) is 6.54 Å². The van der Waals surface area contributed by atoms with Gasteiger partial charge in [-0.3, -0.25) is 4.79 Å². The smallest absolute Gasteiger partial charge is 0.256 e. The van der Waals surface area contributed by atoms with Gasteiger partial charge < -0.3 is 5.32 Å². The number of hydrogen-bond acceptors (Lipinski definition) is 3. The minimum Gasteiger partial charge on any atom is -0.303 e. The number of aromatic nitrogens is 3.